The first-order chi connectivity index (χ1) is 22.6. The van der Waals surface area contributed by atoms with E-state index in [-0.39, 0.29) is 18.4 Å². The highest BCUT2D eigenvalue weighted by atomic mass is 32.2. The summed E-state index contributed by atoms with van der Waals surface area (Å²) in [7, 11) is -4.32. The van der Waals surface area contributed by atoms with Gasteiger partial charge in [-0.1, -0.05) is 72.1 Å². The van der Waals surface area contributed by atoms with E-state index >= 15 is 0 Å². The predicted molar refractivity (Wildman–Crippen MR) is 192 cm³/mol. The highest BCUT2D eigenvalue weighted by molar-refractivity contribution is 8.25. The Hall–Kier alpha value is -3.29. The molecule has 47 heavy (non-hydrogen) atoms. The van der Waals surface area contributed by atoms with E-state index < -0.39 is 26.5 Å². The van der Waals surface area contributed by atoms with Gasteiger partial charge in [0.05, 0.1) is 16.6 Å². The van der Waals surface area contributed by atoms with Gasteiger partial charge >= 0.3 is 0 Å². The van der Waals surface area contributed by atoms with Crippen LogP contribution in [-0.2, 0) is 19.7 Å². The Kier molecular flexibility index (Phi) is 8.90. The van der Waals surface area contributed by atoms with Gasteiger partial charge in [0.25, 0.3) is 16.0 Å². The number of amides is 2. The lowest BCUT2D eigenvalue weighted by Crippen LogP contribution is -2.45. The molecule has 242 valence electrons. The zero-order valence-electron chi connectivity index (χ0n) is 25.7. The van der Waals surface area contributed by atoms with Crippen molar-refractivity contribution in [2.75, 3.05) is 18.8 Å². The predicted octanol–water partition coefficient (Wildman–Crippen LogP) is 5.90. The van der Waals surface area contributed by atoms with Crippen molar-refractivity contribution in [2.45, 2.75) is 48.8 Å². The molecule has 0 radical (unpaired) electrons. The fraction of sp³-hybridized carbons (Fsp3) is 0.314. The van der Waals surface area contributed by atoms with Gasteiger partial charge in [-0.05, 0) is 67.8 Å². The molecule has 0 aromatic heterocycles. The van der Waals surface area contributed by atoms with Crippen LogP contribution in [0.15, 0.2) is 83.8 Å². The first kappa shape index (κ1) is 32.3. The van der Waals surface area contributed by atoms with Gasteiger partial charge < -0.3 is 4.90 Å². The Morgan fingerprint density at radius 1 is 1.00 bits per heavy atom. The second-order valence-electron chi connectivity index (χ2n) is 12.1. The Morgan fingerprint density at radius 2 is 1.68 bits per heavy atom. The molecule has 2 amide bonds. The average Bonchev–Trinajstić information content (AvgIpc) is 3.80. The largest absolute Gasteiger partial charge is 0.323 e. The van der Waals surface area contributed by atoms with Crippen LogP contribution in [0, 0.1) is 0 Å². The molecule has 4 unspecified atom stereocenters. The first-order valence-corrected chi connectivity index (χ1v) is 19.5. The van der Waals surface area contributed by atoms with Crippen LogP contribution in [0.1, 0.15) is 54.4 Å². The lowest BCUT2D eigenvalue weighted by molar-refractivity contribution is -0.473. The molecule has 1 saturated carbocycles. The minimum atomic E-state index is -4.32. The van der Waals surface area contributed by atoms with Crippen LogP contribution in [0.5, 0.6) is 0 Å². The third-order valence-electron chi connectivity index (χ3n) is 9.30. The first-order valence-electron chi connectivity index (χ1n) is 15.7. The number of thioether (sulfide) groups is 2. The van der Waals surface area contributed by atoms with Crippen molar-refractivity contribution in [3.63, 3.8) is 0 Å². The van der Waals surface area contributed by atoms with Crippen molar-refractivity contribution >= 4 is 79.5 Å². The number of carbonyl (C=O) groups excluding carboxylic acids is 2. The quantitative estimate of drug-likeness (QED) is 0.134. The minimum absolute atomic E-state index is 0.195. The molecule has 12 heteroatoms. The standard InChI is InChI=1S/C35H33N3O5S4/c1-2-36-33(40)31(46-35(36)44)34-37(18-19-47(41,42)43)32(39)29(45-34)21-22-16-17-28-26(20-22)25-14-9-15-27(25)38(28)30(23-10-5-3-6-11-23)24-12-7-4-8-13-24/h3-8,10-13,16-17,20-21,25,27,31,34H,2,9,14-15,18-19H2,1H3/p+1. The summed E-state index contributed by atoms with van der Waals surface area (Å²) in [5.41, 5.74) is 6.81. The van der Waals surface area contributed by atoms with Crippen molar-refractivity contribution in [2.24, 2.45) is 0 Å². The lowest BCUT2D eigenvalue weighted by Gasteiger charge is -2.25. The maximum atomic E-state index is 13.8. The summed E-state index contributed by atoms with van der Waals surface area (Å²) in [6, 6.07) is 27.7. The molecular weight excluding hydrogens is 671 g/mol. The second-order valence-corrected chi connectivity index (χ2v) is 16.6. The molecular formula is C35H34N3O5S4+. The molecule has 3 heterocycles. The smallest absolute Gasteiger partial charge is 0.266 e. The maximum Gasteiger partial charge on any atom is 0.266 e. The number of hydrogen-bond donors (Lipinski definition) is 1. The van der Waals surface area contributed by atoms with E-state index in [0.717, 1.165) is 36.0 Å². The van der Waals surface area contributed by atoms with Gasteiger partial charge in [0.15, 0.2) is 6.04 Å². The van der Waals surface area contributed by atoms with E-state index in [9.17, 15) is 22.6 Å². The highest BCUT2D eigenvalue weighted by Gasteiger charge is 2.50. The topological polar surface area (TPSA) is 98.0 Å². The number of rotatable bonds is 8. The summed E-state index contributed by atoms with van der Waals surface area (Å²) in [5, 5.41) is -1.32. The SMILES string of the molecule is CCN1C(=O)C(C2SC(=Cc3ccc4c(c3)C3CCCC3[N+]4=C(c3ccccc3)c3ccccc3)C(=O)N2CCS(=O)(=O)O)SC1=S. The number of hydrogen-bond acceptors (Lipinski definition) is 7. The van der Waals surface area contributed by atoms with E-state index in [1.807, 2.05) is 31.2 Å². The number of thiocarbonyl (C=S) groups is 1. The average molecular weight is 705 g/mol. The Bertz CT molecular complexity index is 1890. The van der Waals surface area contributed by atoms with Crippen LogP contribution in [-0.4, -0.2) is 84.7 Å². The van der Waals surface area contributed by atoms with E-state index in [2.05, 4.69) is 65.2 Å². The van der Waals surface area contributed by atoms with Gasteiger partial charge in [0, 0.05) is 42.3 Å². The van der Waals surface area contributed by atoms with Crippen molar-refractivity contribution in [1.29, 1.82) is 0 Å². The minimum Gasteiger partial charge on any atom is -0.323 e. The number of nitrogens with zero attached hydrogens (tertiary/aromatic N) is 3. The Balaban J connectivity index is 1.28. The molecule has 3 fully saturated rings. The van der Waals surface area contributed by atoms with Gasteiger partial charge in [0.1, 0.15) is 14.9 Å². The van der Waals surface area contributed by atoms with Crippen LogP contribution in [0.25, 0.3) is 6.08 Å². The summed E-state index contributed by atoms with van der Waals surface area (Å²) in [6.07, 6.45) is 5.15. The van der Waals surface area contributed by atoms with E-state index in [1.165, 1.54) is 50.3 Å². The third kappa shape index (κ3) is 6.10. The monoisotopic (exact) mass is 704 g/mol. The summed E-state index contributed by atoms with van der Waals surface area (Å²) in [6.45, 7) is 2.03. The zero-order chi connectivity index (χ0) is 32.9. The van der Waals surface area contributed by atoms with Gasteiger partial charge in [-0.25, -0.2) is 0 Å². The van der Waals surface area contributed by atoms with Gasteiger partial charge in [0.2, 0.25) is 17.3 Å². The molecule has 1 aliphatic carbocycles. The van der Waals surface area contributed by atoms with Crippen molar-refractivity contribution in [3.05, 3.63) is 106 Å². The van der Waals surface area contributed by atoms with Crippen LogP contribution in [0.2, 0.25) is 0 Å². The van der Waals surface area contributed by atoms with E-state index in [4.69, 9.17) is 12.2 Å². The van der Waals surface area contributed by atoms with Crippen LogP contribution < -0.4 is 0 Å². The van der Waals surface area contributed by atoms with Gasteiger partial charge in [-0.3, -0.25) is 19.0 Å². The number of fused-ring (bicyclic) bond motifs is 3. The van der Waals surface area contributed by atoms with Gasteiger partial charge in [-0.2, -0.15) is 13.0 Å². The fourth-order valence-electron chi connectivity index (χ4n) is 7.24. The normalized spacial score (nSPS) is 24.9. The maximum absolute atomic E-state index is 13.8. The van der Waals surface area contributed by atoms with Gasteiger partial charge in [-0.15, -0.1) is 0 Å². The Labute approximate surface area is 288 Å². The summed E-state index contributed by atoms with van der Waals surface area (Å²) < 4.78 is 35.7. The summed E-state index contributed by atoms with van der Waals surface area (Å²) in [4.78, 5) is 30.4. The molecule has 1 N–H and O–H groups in total. The summed E-state index contributed by atoms with van der Waals surface area (Å²) in [5.74, 6) is -0.816. The molecule has 3 aromatic rings. The third-order valence-corrected chi connectivity index (χ3v) is 13.1. The molecule has 0 bridgehead atoms. The van der Waals surface area contributed by atoms with E-state index in [0.29, 0.717) is 27.7 Å². The van der Waals surface area contributed by atoms with Crippen LogP contribution >= 0.6 is 35.7 Å². The number of benzene rings is 3. The summed E-state index contributed by atoms with van der Waals surface area (Å²) >= 11 is 7.91. The molecule has 8 nitrogen and oxygen atoms in total. The molecule has 3 aliphatic heterocycles. The van der Waals surface area contributed by atoms with Crippen molar-refractivity contribution in [3.8, 4) is 0 Å². The molecule has 4 aliphatic rings. The van der Waals surface area contributed by atoms with Crippen LogP contribution in [0.4, 0.5) is 5.69 Å². The second kappa shape index (κ2) is 13.0. The van der Waals surface area contributed by atoms with Crippen molar-refractivity contribution in [1.82, 2.24) is 9.80 Å². The highest BCUT2D eigenvalue weighted by Crippen LogP contribution is 2.50. The molecule has 4 atom stereocenters. The van der Waals surface area contributed by atoms with E-state index in [1.54, 1.807) is 0 Å². The molecule has 7 rings (SSSR count). The van der Waals surface area contributed by atoms with Crippen LogP contribution in [0.3, 0.4) is 0 Å². The Morgan fingerprint density at radius 3 is 2.30 bits per heavy atom. The van der Waals surface area contributed by atoms with Crippen molar-refractivity contribution < 1.29 is 27.1 Å². The molecule has 2 saturated heterocycles. The fourth-order valence-corrected chi connectivity index (χ4v) is 10.8. The number of carbonyl (C=O) groups is 2. The molecule has 3 aromatic carbocycles. The molecule has 0 spiro atoms. The zero-order valence-corrected chi connectivity index (χ0v) is 29.0. The lowest BCUT2D eigenvalue weighted by atomic mass is 9.96.